The molecule has 6 nitrogen and oxygen atoms in total. The first-order valence-corrected chi connectivity index (χ1v) is 9.48. The summed E-state index contributed by atoms with van der Waals surface area (Å²) in [6, 6.07) is 11.7. The zero-order chi connectivity index (χ0) is 19.1. The van der Waals surface area contributed by atoms with E-state index in [1.54, 1.807) is 4.57 Å². The summed E-state index contributed by atoms with van der Waals surface area (Å²) in [6.45, 7) is 4.64. The summed E-state index contributed by atoms with van der Waals surface area (Å²) in [5.74, 6) is -0.921. The monoisotopic (exact) mass is 381 g/mol. The van der Waals surface area contributed by atoms with Gasteiger partial charge >= 0.3 is 11.7 Å². The van der Waals surface area contributed by atoms with E-state index in [0.29, 0.717) is 6.54 Å². The van der Waals surface area contributed by atoms with E-state index in [0.717, 1.165) is 32.4 Å². The number of carboxylic acid groups (broad SMARTS) is 1. The summed E-state index contributed by atoms with van der Waals surface area (Å²) >= 11 is 1.44. The molecule has 2 aromatic carbocycles. The number of benzene rings is 2. The minimum absolute atomic E-state index is 0.0913. The van der Waals surface area contributed by atoms with Gasteiger partial charge in [-0.25, -0.2) is 4.79 Å². The molecule has 4 aromatic rings. The van der Waals surface area contributed by atoms with Gasteiger partial charge in [-0.05, 0) is 54.7 Å². The van der Waals surface area contributed by atoms with Gasteiger partial charge in [0.15, 0.2) is 0 Å². The van der Waals surface area contributed by atoms with Crippen LogP contribution >= 0.6 is 11.5 Å². The SMILES string of the molecule is Cc1cc(C)c2c(Cn3c(=O)n(CCC(=O)O)c4ccccc43)nsc2c1. The van der Waals surface area contributed by atoms with Gasteiger partial charge in [-0.15, -0.1) is 0 Å². The van der Waals surface area contributed by atoms with Crippen molar-refractivity contribution in [3.63, 3.8) is 0 Å². The highest BCUT2D eigenvalue weighted by atomic mass is 32.1. The van der Waals surface area contributed by atoms with E-state index >= 15 is 0 Å². The number of carboxylic acids is 1. The molecule has 0 bridgehead atoms. The molecule has 4 rings (SSSR count). The predicted molar refractivity (Wildman–Crippen MR) is 107 cm³/mol. The van der Waals surface area contributed by atoms with E-state index in [-0.39, 0.29) is 18.7 Å². The quantitative estimate of drug-likeness (QED) is 0.573. The average molecular weight is 381 g/mol. The van der Waals surface area contributed by atoms with E-state index in [1.165, 1.54) is 21.7 Å². The van der Waals surface area contributed by atoms with Crippen LogP contribution in [0.3, 0.4) is 0 Å². The van der Waals surface area contributed by atoms with Crippen LogP contribution in [0.15, 0.2) is 41.2 Å². The van der Waals surface area contributed by atoms with Crippen molar-refractivity contribution in [2.75, 3.05) is 0 Å². The van der Waals surface area contributed by atoms with Gasteiger partial charge in [0.1, 0.15) is 0 Å². The molecule has 0 aliphatic heterocycles. The predicted octanol–water partition coefficient (Wildman–Crippen LogP) is 3.55. The largest absolute Gasteiger partial charge is 0.481 e. The number of para-hydroxylation sites is 2. The molecule has 0 spiro atoms. The lowest BCUT2D eigenvalue weighted by molar-refractivity contribution is -0.137. The number of aromatic nitrogens is 3. The second-order valence-electron chi connectivity index (χ2n) is 6.74. The first kappa shape index (κ1) is 17.5. The van der Waals surface area contributed by atoms with Crippen LogP contribution in [0.25, 0.3) is 21.1 Å². The third-order valence-corrected chi connectivity index (χ3v) is 5.60. The highest BCUT2D eigenvalue weighted by molar-refractivity contribution is 7.13. The maximum absolute atomic E-state index is 13.0. The summed E-state index contributed by atoms with van der Waals surface area (Å²) in [6.07, 6.45) is -0.0913. The Morgan fingerprint density at radius 3 is 2.56 bits per heavy atom. The van der Waals surface area contributed by atoms with Crippen molar-refractivity contribution in [3.8, 4) is 0 Å². The number of hydrogen-bond donors (Lipinski definition) is 1. The first-order chi connectivity index (χ1) is 13.0. The minimum Gasteiger partial charge on any atom is -0.481 e. The molecular weight excluding hydrogens is 362 g/mol. The number of fused-ring (bicyclic) bond motifs is 2. The van der Waals surface area contributed by atoms with E-state index in [2.05, 4.69) is 30.4 Å². The summed E-state index contributed by atoms with van der Waals surface area (Å²) < 4.78 is 8.94. The van der Waals surface area contributed by atoms with E-state index in [1.807, 2.05) is 24.3 Å². The van der Waals surface area contributed by atoms with E-state index in [9.17, 15) is 9.59 Å². The van der Waals surface area contributed by atoms with Crippen LogP contribution in [-0.2, 0) is 17.9 Å². The van der Waals surface area contributed by atoms with Crippen molar-refractivity contribution < 1.29 is 9.90 Å². The van der Waals surface area contributed by atoms with Gasteiger partial charge in [0.05, 0.1) is 34.4 Å². The third kappa shape index (κ3) is 3.04. The van der Waals surface area contributed by atoms with Crippen molar-refractivity contribution in [3.05, 3.63) is 63.7 Å². The van der Waals surface area contributed by atoms with Crippen LogP contribution < -0.4 is 5.69 Å². The lowest BCUT2D eigenvalue weighted by Gasteiger charge is -2.04. The van der Waals surface area contributed by atoms with Gasteiger partial charge in [0, 0.05) is 11.9 Å². The van der Waals surface area contributed by atoms with Crippen LogP contribution in [0.5, 0.6) is 0 Å². The number of imidazole rings is 1. The average Bonchev–Trinajstić information content (AvgIpc) is 3.13. The minimum atomic E-state index is -0.921. The highest BCUT2D eigenvalue weighted by Gasteiger charge is 2.17. The lowest BCUT2D eigenvalue weighted by Crippen LogP contribution is -2.25. The van der Waals surface area contributed by atoms with Gasteiger partial charge < -0.3 is 5.11 Å². The van der Waals surface area contributed by atoms with Gasteiger partial charge in [0.2, 0.25) is 0 Å². The van der Waals surface area contributed by atoms with Crippen LogP contribution in [-0.4, -0.2) is 24.6 Å². The van der Waals surface area contributed by atoms with E-state index < -0.39 is 5.97 Å². The van der Waals surface area contributed by atoms with Crippen molar-refractivity contribution >= 4 is 38.6 Å². The number of hydrogen-bond acceptors (Lipinski definition) is 4. The molecule has 0 aliphatic rings. The standard InChI is InChI=1S/C20H19N3O3S/c1-12-9-13(2)19-14(21-27-17(19)10-12)11-23-16-6-4-3-5-15(16)22(20(23)26)8-7-18(24)25/h3-6,9-10H,7-8,11H2,1-2H3,(H,24,25). The Morgan fingerprint density at radius 1 is 1.15 bits per heavy atom. The molecule has 0 amide bonds. The molecule has 7 heteroatoms. The number of nitrogens with zero attached hydrogens (tertiary/aromatic N) is 3. The Labute approximate surface area is 159 Å². The summed E-state index contributed by atoms with van der Waals surface area (Å²) in [4.78, 5) is 24.0. The number of carbonyl (C=O) groups is 1. The highest BCUT2D eigenvalue weighted by Crippen LogP contribution is 2.28. The first-order valence-electron chi connectivity index (χ1n) is 8.71. The second kappa shape index (κ2) is 6.66. The molecule has 0 radical (unpaired) electrons. The Bertz CT molecular complexity index is 1230. The molecule has 0 aliphatic carbocycles. The van der Waals surface area contributed by atoms with Crippen LogP contribution in [0.4, 0.5) is 0 Å². The summed E-state index contributed by atoms with van der Waals surface area (Å²) in [7, 11) is 0. The molecule has 0 atom stereocenters. The van der Waals surface area contributed by atoms with Gasteiger partial charge in [-0.2, -0.15) is 4.37 Å². The molecule has 1 N–H and O–H groups in total. The number of rotatable bonds is 5. The zero-order valence-electron chi connectivity index (χ0n) is 15.1. The smallest absolute Gasteiger partial charge is 0.329 e. The van der Waals surface area contributed by atoms with Crippen molar-refractivity contribution in [1.82, 2.24) is 13.5 Å². The van der Waals surface area contributed by atoms with Crippen molar-refractivity contribution in [2.24, 2.45) is 0 Å². The van der Waals surface area contributed by atoms with Crippen molar-refractivity contribution in [1.29, 1.82) is 0 Å². The Balaban J connectivity index is 1.85. The number of aryl methyl sites for hydroxylation is 3. The Hall–Kier alpha value is -2.93. The van der Waals surface area contributed by atoms with Crippen molar-refractivity contribution in [2.45, 2.75) is 33.4 Å². The second-order valence-corrected chi connectivity index (χ2v) is 7.54. The van der Waals surface area contributed by atoms with Gasteiger partial charge in [-0.1, -0.05) is 18.2 Å². The third-order valence-electron chi connectivity index (χ3n) is 4.77. The Morgan fingerprint density at radius 2 is 1.85 bits per heavy atom. The summed E-state index contributed by atoms with van der Waals surface area (Å²) in [5.41, 5.74) is 4.54. The van der Waals surface area contributed by atoms with Crippen LogP contribution in [0, 0.1) is 13.8 Å². The fourth-order valence-electron chi connectivity index (χ4n) is 3.63. The summed E-state index contributed by atoms with van der Waals surface area (Å²) in [5, 5.41) is 10.1. The molecule has 2 heterocycles. The van der Waals surface area contributed by atoms with E-state index in [4.69, 9.17) is 5.11 Å². The normalized spacial score (nSPS) is 11.5. The maximum Gasteiger partial charge on any atom is 0.329 e. The molecule has 0 saturated carbocycles. The van der Waals surface area contributed by atoms with Crippen LogP contribution in [0.2, 0.25) is 0 Å². The molecular formula is C20H19N3O3S. The number of aliphatic carboxylic acids is 1. The maximum atomic E-state index is 13.0. The molecule has 0 unspecified atom stereocenters. The topological polar surface area (TPSA) is 77.1 Å². The molecule has 138 valence electrons. The molecule has 0 fully saturated rings. The van der Waals surface area contributed by atoms with Crippen LogP contribution in [0.1, 0.15) is 23.2 Å². The zero-order valence-corrected chi connectivity index (χ0v) is 15.9. The fraction of sp³-hybridized carbons (Fsp3) is 0.250. The Kier molecular flexibility index (Phi) is 4.31. The molecule has 27 heavy (non-hydrogen) atoms. The van der Waals surface area contributed by atoms with Gasteiger partial charge in [-0.3, -0.25) is 13.9 Å². The fourth-order valence-corrected chi connectivity index (χ4v) is 4.59. The van der Waals surface area contributed by atoms with Gasteiger partial charge in [0.25, 0.3) is 0 Å². The molecule has 2 aromatic heterocycles. The lowest BCUT2D eigenvalue weighted by atomic mass is 10.1. The molecule has 0 saturated heterocycles.